The minimum absolute atomic E-state index is 0.0620. The monoisotopic (exact) mass is 398 g/mol. The Morgan fingerprint density at radius 2 is 1.81 bits per heavy atom. The summed E-state index contributed by atoms with van der Waals surface area (Å²) in [6, 6.07) is 3.30. The van der Waals surface area contributed by atoms with E-state index in [-0.39, 0.29) is 30.5 Å². The first-order valence-electron chi connectivity index (χ1n) is 7.53. The molecule has 0 bridgehead atoms. The summed E-state index contributed by atoms with van der Waals surface area (Å²) in [7, 11) is 3.80. The number of nitrogens with one attached hydrogen (secondary N) is 2. The van der Waals surface area contributed by atoms with Gasteiger partial charge in [0.15, 0.2) is 6.07 Å². The maximum atomic E-state index is 12.5. The van der Waals surface area contributed by atoms with Crippen LogP contribution >= 0.6 is 23.2 Å². The lowest BCUT2D eigenvalue weighted by atomic mass is 10.2. The van der Waals surface area contributed by atoms with Gasteiger partial charge in [-0.1, -0.05) is 23.2 Å². The Balaban J connectivity index is 2.35. The second kappa shape index (κ2) is 8.23. The molecule has 0 aliphatic rings. The Morgan fingerprint density at radius 1 is 1.23 bits per heavy atom. The Bertz CT molecular complexity index is 898. The number of nitrogens with zero attached hydrogens (tertiary/aromatic N) is 4. The Hall–Kier alpha value is -2.54. The summed E-state index contributed by atoms with van der Waals surface area (Å²) in [5.74, 6) is -0.488. The molecule has 1 aromatic heterocycles. The maximum absolute atomic E-state index is 12.5. The van der Waals surface area contributed by atoms with E-state index in [1.54, 1.807) is 6.07 Å². The molecular formula is C15H16Cl2N6O3. The highest BCUT2D eigenvalue weighted by Crippen LogP contribution is 2.26. The number of rotatable bonds is 5. The van der Waals surface area contributed by atoms with Crippen molar-refractivity contribution < 1.29 is 14.3 Å². The highest BCUT2D eigenvalue weighted by atomic mass is 35.5. The molecule has 0 saturated heterocycles. The first-order chi connectivity index (χ1) is 12.3. The molecule has 2 aromatic rings. The summed E-state index contributed by atoms with van der Waals surface area (Å²) in [6.07, 6.45) is 0.691. The molecule has 138 valence electrons. The highest BCUT2D eigenvalue weighted by Gasteiger charge is 2.29. The van der Waals surface area contributed by atoms with Crippen molar-refractivity contribution in [3.63, 3.8) is 0 Å². The Labute approximate surface area is 159 Å². The van der Waals surface area contributed by atoms with E-state index in [2.05, 4.69) is 10.6 Å². The largest absolute Gasteiger partial charge is 0.710 e. The zero-order valence-corrected chi connectivity index (χ0v) is 15.6. The number of halogens is 2. The van der Waals surface area contributed by atoms with E-state index in [0.29, 0.717) is 13.0 Å². The zero-order chi connectivity index (χ0) is 19.4. The van der Waals surface area contributed by atoms with Crippen LogP contribution in [0.1, 0.15) is 12.1 Å². The van der Waals surface area contributed by atoms with Crippen LogP contribution in [0.3, 0.4) is 0 Å². The second-order valence-electron chi connectivity index (χ2n) is 5.69. The molecule has 0 atom stereocenters. The number of nitriles is 1. The molecule has 1 heterocycles. The molecule has 0 aliphatic carbocycles. The topological polar surface area (TPSA) is 122 Å². The maximum Gasteiger partial charge on any atom is 0.406 e. The van der Waals surface area contributed by atoms with Crippen LogP contribution in [0.25, 0.3) is 11.0 Å². The molecule has 0 saturated carbocycles. The molecule has 0 aliphatic heterocycles. The van der Waals surface area contributed by atoms with Crippen LogP contribution in [0, 0.1) is 21.7 Å². The van der Waals surface area contributed by atoms with Crippen molar-refractivity contribution in [3.8, 4) is 6.07 Å². The molecule has 9 nitrogen and oxygen atoms in total. The molecule has 0 spiro atoms. The molecule has 2 amide bonds. The van der Waals surface area contributed by atoms with Crippen molar-refractivity contribution >= 4 is 46.1 Å². The lowest BCUT2D eigenvalue weighted by Crippen LogP contribution is -2.46. The lowest BCUT2D eigenvalue weighted by Gasteiger charge is -2.14. The lowest BCUT2D eigenvalue weighted by molar-refractivity contribution is -0.620. The molecule has 2 N–H and O–H groups in total. The third-order valence-corrected chi connectivity index (χ3v) is 4.21. The van der Waals surface area contributed by atoms with Crippen LogP contribution in [-0.4, -0.2) is 38.1 Å². The normalized spacial score (nSPS) is 10.8. The van der Waals surface area contributed by atoms with E-state index in [1.165, 1.54) is 12.1 Å². The van der Waals surface area contributed by atoms with Gasteiger partial charge in [-0.15, -0.1) is 4.73 Å². The fourth-order valence-electron chi connectivity index (χ4n) is 2.24. The van der Waals surface area contributed by atoms with Crippen molar-refractivity contribution in [1.29, 1.82) is 5.26 Å². The number of hydrogen-bond acceptors (Lipinski definition) is 5. The number of urea groups is 1. The van der Waals surface area contributed by atoms with Gasteiger partial charge in [0.05, 0.1) is 10.0 Å². The van der Waals surface area contributed by atoms with Gasteiger partial charge >= 0.3 is 17.5 Å². The van der Waals surface area contributed by atoms with E-state index in [9.17, 15) is 20.5 Å². The Kier molecular flexibility index (Phi) is 6.26. The third-order valence-electron chi connectivity index (χ3n) is 3.49. The summed E-state index contributed by atoms with van der Waals surface area (Å²) < 4.78 is 0.498. The van der Waals surface area contributed by atoms with E-state index >= 15 is 0 Å². The predicted octanol–water partition coefficient (Wildman–Crippen LogP) is 1.36. The van der Waals surface area contributed by atoms with Crippen LogP contribution in [0.15, 0.2) is 12.1 Å². The van der Waals surface area contributed by atoms with Gasteiger partial charge in [-0.25, -0.2) is 9.52 Å². The predicted molar refractivity (Wildman–Crippen MR) is 96.8 cm³/mol. The van der Waals surface area contributed by atoms with E-state index in [1.807, 2.05) is 19.0 Å². The summed E-state index contributed by atoms with van der Waals surface area (Å²) in [5.41, 5.74) is -0.825. The Morgan fingerprint density at radius 3 is 2.35 bits per heavy atom. The summed E-state index contributed by atoms with van der Waals surface area (Å²) in [5, 5.41) is 39.1. The summed E-state index contributed by atoms with van der Waals surface area (Å²) in [4.78, 5) is 13.9. The number of benzene rings is 1. The van der Waals surface area contributed by atoms with Crippen molar-refractivity contribution in [2.75, 3.05) is 32.5 Å². The molecule has 26 heavy (non-hydrogen) atoms. The van der Waals surface area contributed by atoms with Gasteiger partial charge in [-0.2, -0.15) is 10.6 Å². The van der Waals surface area contributed by atoms with Crippen molar-refractivity contribution in [1.82, 2.24) is 10.2 Å². The van der Waals surface area contributed by atoms with Gasteiger partial charge in [0.2, 0.25) is 5.52 Å². The zero-order valence-electron chi connectivity index (χ0n) is 14.0. The standard InChI is InChI=1S/C15H16Cl2N6O3/c1-21(2)5-3-4-19-15(24)20-14-13(8-18)22(25)11-6-9(16)10(17)7-12(11)23(14)26/h6-7H,3-5H2,1-2H3,(H2,19,20,24). The fourth-order valence-corrected chi connectivity index (χ4v) is 2.56. The number of carbonyl (C=O) groups excluding carboxylic acids is 1. The SMILES string of the molecule is CN(C)CCCNC(=O)Nc1c(C#N)[n+]([O-])c2cc(Cl)c(Cl)cc2[n+]1[O-]. The summed E-state index contributed by atoms with van der Waals surface area (Å²) >= 11 is 11.8. The number of amides is 2. The molecular weight excluding hydrogens is 383 g/mol. The first-order valence-corrected chi connectivity index (χ1v) is 8.29. The van der Waals surface area contributed by atoms with Crippen LogP contribution < -0.4 is 20.1 Å². The van der Waals surface area contributed by atoms with E-state index in [4.69, 9.17) is 23.2 Å². The number of hydrogen-bond donors (Lipinski definition) is 2. The smallest absolute Gasteiger partial charge is 0.406 e. The molecule has 0 unspecified atom stereocenters. The molecule has 2 rings (SSSR count). The summed E-state index contributed by atoms with van der Waals surface area (Å²) in [6.45, 7) is 1.12. The highest BCUT2D eigenvalue weighted by molar-refractivity contribution is 6.42. The fraction of sp³-hybridized carbons (Fsp3) is 0.333. The second-order valence-corrected chi connectivity index (χ2v) is 6.50. The van der Waals surface area contributed by atoms with Gasteiger partial charge < -0.3 is 20.6 Å². The van der Waals surface area contributed by atoms with Gasteiger partial charge in [0, 0.05) is 18.7 Å². The molecule has 0 fully saturated rings. The average molecular weight is 399 g/mol. The number of aromatic nitrogens is 2. The molecule has 0 radical (unpaired) electrons. The van der Waals surface area contributed by atoms with Gasteiger partial charge in [0.1, 0.15) is 0 Å². The van der Waals surface area contributed by atoms with E-state index < -0.39 is 17.5 Å². The average Bonchev–Trinajstić information content (AvgIpc) is 2.58. The van der Waals surface area contributed by atoms with Gasteiger partial charge in [-0.3, -0.25) is 0 Å². The van der Waals surface area contributed by atoms with Crippen molar-refractivity contribution in [2.45, 2.75) is 6.42 Å². The van der Waals surface area contributed by atoms with Crippen LogP contribution in [0.2, 0.25) is 10.0 Å². The first kappa shape index (κ1) is 19.8. The van der Waals surface area contributed by atoms with Crippen LogP contribution in [-0.2, 0) is 0 Å². The number of anilines is 1. The third kappa shape index (κ3) is 4.16. The minimum atomic E-state index is -0.704. The number of fused-ring (bicyclic) bond motifs is 1. The van der Waals surface area contributed by atoms with Crippen LogP contribution in [0.5, 0.6) is 0 Å². The van der Waals surface area contributed by atoms with Crippen molar-refractivity contribution in [2.24, 2.45) is 0 Å². The van der Waals surface area contributed by atoms with Crippen molar-refractivity contribution in [3.05, 3.63) is 38.3 Å². The molecule has 1 aromatic carbocycles. The quantitative estimate of drug-likeness (QED) is 0.447. The van der Waals surface area contributed by atoms with Gasteiger partial charge in [-0.05, 0) is 27.1 Å². The van der Waals surface area contributed by atoms with Crippen LogP contribution in [0.4, 0.5) is 10.6 Å². The van der Waals surface area contributed by atoms with Gasteiger partial charge in [0.25, 0.3) is 5.52 Å². The minimum Gasteiger partial charge on any atom is -0.710 e. The van der Waals surface area contributed by atoms with E-state index in [0.717, 1.165) is 6.54 Å². The number of carbonyl (C=O) groups is 1. The molecule has 11 heteroatoms.